The number of rotatable bonds is 6. The van der Waals surface area contributed by atoms with Gasteiger partial charge in [-0.25, -0.2) is 8.42 Å². The Balaban J connectivity index is 1.93. The van der Waals surface area contributed by atoms with E-state index in [4.69, 9.17) is 19.5 Å². The number of primary amides is 1. The van der Waals surface area contributed by atoms with Gasteiger partial charge in [-0.2, -0.15) is 9.29 Å². The summed E-state index contributed by atoms with van der Waals surface area (Å²) in [6.07, 6.45) is 0. The summed E-state index contributed by atoms with van der Waals surface area (Å²) in [6.45, 7) is 3.08. The number of aryl methyl sites for hydroxylation is 2. The fourth-order valence-corrected chi connectivity index (χ4v) is 4.86. The molecule has 0 aromatic carbocycles. The number of sulfonamides is 1. The van der Waals surface area contributed by atoms with E-state index in [9.17, 15) is 13.2 Å². The minimum Gasteiger partial charge on any atom is -0.377 e. The van der Waals surface area contributed by atoms with Crippen LogP contribution >= 0.6 is 0 Å². The summed E-state index contributed by atoms with van der Waals surface area (Å²) in [5.74, 6) is -1.43. The van der Waals surface area contributed by atoms with E-state index in [1.165, 1.54) is 25.3 Å². The Hall–Kier alpha value is -2.31. The first-order valence-corrected chi connectivity index (χ1v) is 9.23. The van der Waals surface area contributed by atoms with Gasteiger partial charge in [0.25, 0.3) is 0 Å². The molecular weight excluding hydrogens is 366 g/mol. The number of nitrogens with two attached hydrogens (primary N) is 1. The van der Waals surface area contributed by atoms with Crippen LogP contribution < -0.4 is 5.73 Å². The third-order valence-electron chi connectivity index (χ3n) is 4.29. The summed E-state index contributed by atoms with van der Waals surface area (Å²) >= 11 is 0. The van der Waals surface area contributed by atoms with Crippen molar-refractivity contribution in [3.63, 3.8) is 0 Å². The third kappa shape index (κ3) is 3.10. The molecule has 12 heteroatoms. The van der Waals surface area contributed by atoms with E-state index in [1.54, 1.807) is 0 Å². The molecule has 0 spiro atoms. The maximum Gasteiger partial charge on any atom is 0.248 e. The minimum absolute atomic E-state index is 0.00743. The molecule has 0 bridgehead atoms. The molecule has 1 fully saturated rings. The summed E-state index contributed by atoms with van der Waals surface area (Å²) < 4.78 is 42.2. The highest BCUT2D eigenvalue weighted by Gasteiger charge is 2.46. The van der Waals surface area contributed by atoms with E-state index in [0.717, 1.165) is 0 Å². The number of aromatic nitrogens is 3. The van der Waals surface area contributed by atoms with Crippen molar-refractivity contribution in [2.24, 2.45) is 11.7 Å². The number of amides is 1. The Morgan fingerprint density at radius 2 is 2.04 bits per heavy atom. The summed E-state index contributed by atoms with van der Waals surface area (Å²) in [6, 6.07) is 0. The predicted molar refractivity (Wildman–Crippen MR) is 85.2 cm³/mol. The van der Waals surface area contributed by atoms with E-state index in [0.29, 0.717) is 5.82 Å². The fourth-order valence-electron chi connectivity index (χ4n) is 3.08. The van der Waals surface area contributed by atoms with Crippen molar-refractivity contribution < 1.29 is 27.0 Å². The Labute approximate surface area is 149 Å². The molecule has 26 heavy (non-hydrogen) atoms. The average Bonchev–Trinajstić information content (AvgIpc) is 3.26. The topological polar surface area (TPSA) is 155 Å². The first kappa shape index (κ1) is 18.5. The van der Waals surface area contributed by atoms with Gasteiger partial charge in [-0.1, -0.05) is 10.3 Å². The molecule has 1 aliphatic heterocycles. The number of ether oxygens (including phenoxy) is 1. The van der Waals surface area contributed by atoms with Gasteiger partial charge in [0.15, 0.2) is 11.6 Å². The smallest absolute Gasteiger partial charge is 0.248 e. The molecule has 2 atom stereocenters. The van der Waals surface area contributed by atoms with Gasteiger partial charge in [0, 0.05) is 20.2 Å². The Morgan fingerprint density at radius 3 is 2.62 bits per heavy atom. The highest BCUT2D eigenvalue weighted by molar-refractivity contribution is 7.89. The van der Waals surface area contributed by atoms with Crippen LogP contribution in [0.2, 0.25) is 0 Å². The monoisotopic (exact) mass is 385 g/mol. The summed E-state index contributed by atoms with van der Waals surface area (Å²) in [5.41, 5.74) is 5.72. The van der Waals surface area contributed by atoms with Crippen molar-refractivity contribution in [3.8, 4) is 0 Å². The zero-order chi connectivity index (χ0) is 19.1. The molecule has 0 saturated carbocycles. The van der Waals surface area contributed by atoms with Crippen LogP contribution in [0.3, 0.4) is 0 Å². The van der Waals surface area contributed by atoms with Crippen LogP contribution in [0.4, 0.5) is 0 Å². The maximum atomic E-state index is 13.0. The summed E-state index contributed by atoms with van der Waals surface area (Å²) in [5, 5.41) is 7.44. The molecule has 2 aromatic rings. The number of carbonyl (C=O) groups excluding carboxylic acids is 1. The lowest BCUT2D eigenvalue weighted by atomic mass is 9.95. The quantitative estimate of drug-likeness (QED) is 0.706. The Bertz CT molecular complexity index is 901. The highest BCUT2D eigenvalue weighted by Crippen LogP contribution is 2.36. The molecule has 0 radical (unpaired) electrons. The lowest BCUT2D eigenvalue weighted by Crippen LogP contribution is -2.32. The second-order valence-corrected chi connectivity index (χ2v) is 7.95. The van der Waals surface area contributed by atoms with E-state index in [2.05, 4.69) is 15.3 Å². The molecule has 1 amide bonds. The van der Waals surface area contributed by atoms with Gasteiger partial charge in [-0.3, -0.25) is 4.79 Å². The van der Waals surface area contributed by atoms with Crippen LogP contribution in [-0.4, -0.2) is 54.1 Å². The zero-order valence-corrected chi connectivity index (χ0v) is 15.3. The van der Waals surface area contributed by atoms with Crippen molar-refractivity contribution in [2.75, 3.05) is 20.2 Å². The molecule has 0 aliphatic carbocycles. The average molecular weight is 385 g/mol. The van der Waals surface area contributed by atoms with E-state index < -0.39 is 27.8 Å². The standard InChI is InChI=1S/C14H19N5O6S/c1-7-12(8(2)24-17-7)26(21,22)19-4-9(13(15)20)10(5-19)14-16-11(6-23-3)18-25-14/h9-10H,4-6H2,1-3H3,(H2,15,20)/t9-,10-/m1/s1. The van der Waals surface area contributed by atoms with Gasteiger partial charge in [0.1, 0.15) is 17.2 Å². The van der Waals surface area contributed by atoms with Gasteiger partial charge in [0.2, 0.25) is 21.8 Å². The zero-order valence-electron chi connectivity index (χ0n) is 14.5. The van der Waals surface area contributed by atoms with Crippen molar-refractivity contribution in [1.82, 2.24) is 19.6 Å². The van der Waals surface area contributed by atoms with Crippen LogP contribution in [0, 0.1) is 19.8 Å². The molecular formula is C14H19N5O6S. The molecule has 3 heterocycles. The van der Waals surface area contributed by atoms with Crippen molar-refractivity contribution in [2.45, 2.75) is 31.3 Å². The number of hydrogen-bond donors (Lipinski definition) is 1. The van der Waals surface area contributed by atoms with Gasteiger partial charge < -0.3 is 19.5 Å². The van der Waals surface area contributed by atoms with Crippen LogP contribution in [-0.2, 0) is 26.2 Å². The molecule has 1 saturated heterocycles. The predicted octanol–water partition coefficient (Wildman–Crippen LogP) is -0.290. The van der Waals surface area contributed by atoms with E-state index in [1.807, 2.05) is 0 Å². The normalized spacial score (nSPS) is 21.3. The number of carbonyl (C=O) groups is 1. The van der Waals surface area contributed by atoms with E-state index in [-0.39, 0.29) is 41.9 Å². The van der Waals surface area contributed by atoms with Crippen LogP contribution in [0.5, 0.6) is 0 Å². The molecule has 0 unspecified atom stereocenters. The SMILES string of the molecule is COCc1noc([C@@H]2CN(S(=O)(=O)c3c(C)noc3C)C[C@H]2C(N)=O)n1. The summed E-state index contributed by atoms with van der Waals surface area (Å²) in [4.78, 5) is 16.0. The summed E-state index contributed by atoms with van der Waals surface area (Å²) in [7, 11) is -2.43. The van der Waals surface area contributed by atoms with Crippen LogP contribution in [0.25, 0.3) is 0 Å². The number of methoxy groups -OCH3 is 1. The van der Waals surface area contributed by atoms with Gasteiger partial charge in [-0.05, 0) is 13.8 Å². The second-order valence-electron chi connectivity index (χ2n) is 6.07. The third-order valence-corrected chi connectivity index (χ3v) is 6.37. The van der Waals surface area contributed by atoms with Crippen LogP contribution in [0.1, 0.15) is 29.1 Å². The van der Waals surface area contributed by atoms with Crippen molar-refractivity contribution in [1.29, 1.82) is 0 Å². The largest absolute Gasteiger partial charge is 0.377 e. The van der Waals surface area contributed by atoms with Crippen molar-refractivity contribution in [3.05, 3.63) is 23.2 Å². The molecule has 142 valence electrons. The first-order chi connectivity index (χ1) is 12.3. The molecule has 2 N–H and O–H groups in total. The minimum atomic E-state index is -3.91. The first-order valence-electron chi connectivity index (χ1n) is 7.79. The van der Waals surface area contributed by atoms with E-state index >= 15 is 0 Å². The molecule has 11 nitrogen and oxygen atoms in total. The lowest BCUT2D eigenvalue weighted by Gasteiger charge is -2.15. The van der Waals surface area contributed by atoms with Gasteiger partial charge >= 0.3 is 0 Å². The fraction of sp³-hybridized carbons (Fsp3) is 0.571. The van der Waals surface area contributed by atoms with Gasteiger partial charge in [0.05, 0.1) is 11.8 Å². The van der Waals surface area contributed by atoms with Crippen molar-refractivity contribution >= 4 is 15.9 Å². The molecule has 3 rings (SSSR count). The highest BCUT2D eigenvalue weighted by atomic mass is 32.2. The van der Waals surface area contributed by atoms with Gasteiger partial charge in [-0.15, -0.1) is 0 Å². The molecule has 2 aromatic heterocycles. The Kier molecular flexibility index (Phi) is 4.82. The Morgan fingerprint density at radius 1 is 1.31 bits per heavy atom. The number of nitrogens with zero attached hydrogens (tertiary/aromatic N) is 4. The van der Waals surface area contributed by atoms with Crippen LogP contribution in [0.15, 0.2) is 13.9 Å². The second kappa shape index (κ2) is 6.78. The maximum absolute atomic E-state index is 13.0. The lowest BCUT2D eigenvalue weighted by molar-refractivity contribution is -0.121. The number of hydrogen-bond acceptors (Lipinski definition) is 9. The molecule has 1 aliphatic rings.